The number of hydrogen-bond acceptors (Lipinski definition) is 5. The summed E-state index contributed by atoms with van der Waals surface area (Å²) >= 11 is 5.98. The zero-order valence-electron chi connectivity index (χ0n) is 11.4. The van der Waals surface area contributed by atoms with Crippen molar-refractivity contribution in [2.75, 3.05) is 17.7 Å². The molecule has 0 aliphatic rings. The molecule has 0 saturated heterocycles. The monoisotopic (exact) mass is 291 g/mol. The Morgan fingerprint density at radius 1 is 1.20 bits per heavy atom. The summed E-state index contributed by atoms with van der Waals surface area (Å²) < 4.78 is 0. The summed E-state index contributed by atoms with van der Waals surface area (Å²) in [5.74, 6) is 0.436. The molecular formula is C13H14ClN5O. The molecule has 0 saturated carbocycles. The van der Waals surface area contributed by atoms with Gasteiger partial charge in [0.1, 0.15) is 5.82 Å². The van der Waals surface area contributed by atoms with Gasteiger partial charge in [-0.2, -0.15) is 0 Å². The second kappa shape index (κ2) is 5.83. The van der Waals surface area contributed by atoms with E-state index in [0.717, 1.165) is 11.4 Å². The van der Waals surface area contributed by atoms with E-state index in [1.54, 1.807) is 13.1 Å². The number of pyridine rings is 1. The van der Waals surface area contributed by atoms with E-state index in [9.17, 15) is 4.79 Å². The Kier molecular flexibility index (Phi) is 4.14. The van der Waals surface area contributed by atoms with Crippen molar-refractivity contribution in [1.82, 2.24) is 15.0 Å². The van der Waals surface area contributed by atoms with Crippen molar-refractivity contribution < 1.29 is 4.79 Å². The molecule has 0 unspecified atom stereocenters. The van der Waals surface area contributed by atoms with Crippen molar-refractivity contribution in [3.63, 3.8) is 0 Å². The maximum absolute atomic E-state index is 12.2. The summed E-state index contributed by atoms with van der Waals surface area (Å²) in [6, 6.07) is 3.40. The molecule has 0 atom stereocenters. The van der Waals surface area contributed by atoms with Gasteiger partial charge in [0, 0.05) is 24.6 Å². The zero-order chi connectivity index (χ0) is 14.7. The fraction of sp³-hybridized carbons (Fsp3) is 0.231. The molecular weight excluding hydrogens is 278 g/mol. The highest BCUT2D eigenvalue weighted by Gasteiger charge is 2.13. The molecule has 7 heteroatoms. The van der Waals surface area contributed by atoms with Gasteiger partial charge in [0.2, 0.25) is 5.95 Å². The molecule has 6 nitrogen and oxygen atoms in total. The number of aryl methyl sites for hydroxylation is 2. The molecule has 20 heavy (non-hydrogen) atoms. The fourth-order valence-corrected chi connectivity index (χ4v) is 1.89. The number of nitrogens with zero attached hydrogens (tertiary/aromatic N) is 3. The molecule has 2 rings (SSSR count). The molecule has 0 aliphatic heterocycles. The Hall–Kier alpha value is -2.21. The normalized spacial score (nSPS) is 10.2. The van der Waals surface area contributed by atoms with Gasteiger partial charge in [-0.15, -0.1) is 0 Å². The molecule has 1 amide bonds. The van der Waals surface area contributed by atoms with E-state index >= 15 is 0 Å². The summed E-state index contributed by atoms with van der Waals surface area (Å²) in [6.07, 6.45) is 1.42. The van der Waals surface area contributed by atoms with E-state index in [4.69, 9.17) is 11.6 Å². The Morgan fingerprint density at radius 2 is 1.85 bits per heavy atom. The van der Waals surface area contributed by atoms with Crippen LogP contribution in [0.1, 0.15) is 21.7 Å². The van der Waals surface area contributed by atoms with Crippen molar-refractivity contribution in [3.05, 3.63) is 40.3 Å². The van der Waals surface area contributed by atoms with Gasteiger partial charge in [-0.1, -0.05) is 11.6 Å². The minimum atomic E-state index is -0.376. The first-order valence-corrected chi connectivity index (χ1v) is 6.34. The Morgan fingerprint density at radius 3 is 2.45 bits per heavy atom. The van der Waals surface area contributed by atoms with Crippen LogP contribution < -0.4 is 10.6 Å². The van der Waals surface area contributed by atoms with Gasteiger partial charge in [0.25, 0.3) is 5.91 Å². The van der Waals surface area contributed by atoms with Crippen LogP contribution in [0, 0.1) is 13.8 Å². The molecule has 0 aliphatic carbocycles. The lowest BCUT2D eigenvalue weighted by molar-refractivity contribution is 0.102. The molecule has 0 bridgehead atoms. The van der Waals surface area contributed by atoms with Crippen LogP contribution in [0.15, 0.2) is 18.3 Å². The molecule has 2 heterocycles. The third kappa shape index (κ3) is 3.21. The highest BCUT2D eigenvalue weighted by atomic mass is 35.5. The van der Waals surface area contributed by atoms with Crippen molar-refractivity contribution in [2.45, 2.75) is 13.8 Å². The minimum Gasteiger partial charge on any atom is -0.373 e. The molecule has 0 fully saturated rings. The van der Waals surface area contributed by atoms with Gasteiger partial charge >= 0.3 is 0 Å². The van der Waals surface area contributed by atoms with E-state index in [1.165, 1.54) is 6.20 Å². The number of amides is 1. The summed E-state index contributed by atoms with van der Waals surface area (Å²) in [6.45, 7) is 3.67. The predicted molar refractivity (Wildman–Crippen MR) is 78.3 cm³/mol. The van der Waals surface area contributed by atoms with Crippen LogP contribution >= 0.6 is 11.6 Å². The quantitative estimate of drug-likeness (QED) is 0.908. The molecule has 2 aromatic heterocycles. The van der Waals surface area contributed by atoms with Gasteiger partial charge in [0.05, 0.1) is 10.6 Å². The first-order chi connectivity index (χ1) is 9.49. The molecule has 2 N–H and O–H groups in total. The average Bonchev–Trinajstić information content (AvgIpc) is 2.37. The van der Waals surface area contributed by atoms with Gasteiger partial charge in [0.15, 0.2) is 0 Å². The van der Waals surface area contributed by atoms with Crippen LogP contribution in [0.4, 0.5) is 11.8 Å². The molecule has 0 radical (unpaired) electrons. The van der Waals surface area contributed by atoms with Crippen molar-refractivity contribution in [3.8, 4) is 0 Å². The first-order valence-electron chi connectivity index (χ1n) is 5.96. The molecule has 2 aromatic rings. The number of nitrogens with one attached hydrogen (secondary N) is 2. The predicted octanol–water partition coefficient (Wildman–Crippen LogP) is 2.44. The fourth-order valence-electron chi connectivity index (χ4n) is 1.70. The Labute approximate surface area is 121 Å². The van der Waals surface area contributed by atoms with E-state index in [0.29, 0.717) is 11.4 Å². The van der Waals surface area contributed by atoms with Crippen LogP contribution in [-0.4, -0.2) is 27.9 Å². The topological polar surface area (TPSA) is 79.8 Å². The van der Waals surface area contributed by atoms with E-state index < -0.39 is 0 Å². The summed E-state index contributed by atoms with van der Waals surface area (Å²) in [5, 5.41) is 5.75. The number of aromatic nitrogens is 3. The standard InChI is InChI=1S/C13H14ClN5O/c1-7-4-8(2)18-13(17-7)19-12(20)9-5-11(15-3)16-6-10(9)14/h4-6H,1-3H3,(H,15,16)(H,17,18,19,20). The van der Waals surface area contributed by atoms with Gasteiger partial charge in [-0.25, -0.2) is 15.0 Å². The maximum Gasteiger partial charge on any atom is 0.259 e. The lowest BCUT2D eigenvalue weighted by Gasteiger charge is -2.08. The summed E-state index contributed by atoms with van der Waals surface area (Å²) in [7, 11) is 1.71. The highest BCUT2D eigenvalue weighted by molar-refractivity contribution is 6.34. The van der Waals surface area contributed by atoms with Gasteiger partial charge in [-0.3, -0.25) is 10.1 Å². The third-order valence-electron chi connectivity index (χ3n) is 2.56. The number of halogens is 1. The molecule has 0 aromatic carbocycles. The molecule has 0 spiro atoms. The number of rotatable bonds is 3. The highest BCUT2D eigenvalue weighted by Crippen LogP contribution is 2.19. The molecule has 104 valence electrons. The number of hydrogen-bond donors (Lipinski definition) is 2. The number of carbonyl (C=O) groups is 1. The average molecular weight is 292 g/mol. The van der Waals surface area contributed by atoms with Crippen molar-refractivity contribution >= 4 is 29.3 Å². The van der Waals surface area contributed by atoms with Crippen LogP contribution in [0.2, 0.25) is 5.02 Å². The first kappa shape index (κ1) is 14.2. The van der Waals surface area contributed by atoms with E-state index in [1.807, 2.05) is 19.9 Å². The maximum atomic E-state index is 12.2. The second-order valence-electron chi connectivity index (χ2n) is 4.23. The zero-order valence-corrected chi connectivity index (χ0v) is 12.1. The van der Waals surface area contributed by atoms with Crippen molar-refractivity contribution in [1.29, 1.82) is 0 Å². The SMILES string of the molecule is CNc1cc(C(=O)Nc2nc(C)cc(C)n2)c(Cl)cn1. The summed E-state index contributed by atoms with van der Waals surface area (Å²) in [5.41, 5.74) is 1.88. The number of carbonyl (C=O) groups excluding carboxylic acids is 1. The lowest BCUT2D eigenvalue weighted by Crippen LogP contribution is -2.16. The second-order valence-corrected chi connectivity index (χ2v) is 4.64. The van der Waals surface area contributed by atoms with E-state index in [2.05, 4.69) is 25.6 Å². The minimum absolute atomic E-state index is 0.256. The van der Waals surface area contributed by atoms with Crippen LogP contribution in [-0.2, 0) is 0 Å². The third-order valence-corrected chi connectivity index (χ3v) is 2.86. The Balaban J connectivity index is 2.27. The van der Waals surface area contributed by atoms with Gasteiger partial charge in [-0.05, 0) is 26.0 Å². The van der Waals surface area contributed by atoms with Crippen molar-refractivity contribution in [2.24, 2.45) is 0 Å². The van der Waals surface area contributed by atoms with Crippen LogP contribution in [0.3, 0.4) is 0 Å². The van der Waals surface area contributed by atoms with Gasteiger partial charge < -0.3 is 5.32 Å². The van der Waals surface area contributed by atoms with E-state index in [-0.39, 0.29) is 16.9 Å². The lowest BCUT2D eigenvalue weighted by atomic mass is 10.2. The summed E-state index contributed by atoms with van der Waals surface area (Å²) in [4.78, 5) is 24.5. The Bertz CT molecular complexity index is 639. The largest absolute Gasteiger partial charge is 0.373 e. The van der Waals surface area contributed by atoms with Crippen LogP contribution in [0.25, 0.3) is 0 Å². The number of anilines is 2. The van der Waals surface area contributed by atoms with Crippen LogP contribution in [0.5, 0.6) is 0 Å². The smallest absolute Gasteiger partial charge is 0.259 e.